The quantitative estimate of drug-likeness (QED) is 0.357. The molecule has 4 rings (SSSR count). The van der Waals surface area contributed by atoms with Gasteiger partial charge in [0.05, 0.1) is 0 Å². The molecule has 0 aliphatic heterocycles. The van der Waals surface area contributed by atoms with Gasteiger partial charge < -0.3 is 0 Å². The fourth-order valence-corrected chi connectivity index (χ4v) is 3.02. The summed E-state index contributed by atoms with van der Waals surface area (Å²) in [7, 11) is 0. The first-order valence-corrected chi connectivity index (χ1v) is 8.55. The van der Waals surface area contributed by atoms with Crippen LogP contribution in [0.2, 0.25) is 0 Å². The molecule has 4 aromatic carbocycles. The van der Waals surface area contributed by atoms with Crippen LogP contribution >= 0.6 is 0 Å². The lowest BCUT2D eigenvalue weighted by Gasteiger charge is -2.11. The van der Waals surface area contributed by atoms with Crippen molar-refractivity contribution in [2.45, 2.75) is 0 Å². The van der Waals surface area contributed by atoms with Crippen molar-refractivity contribution in [3.05, 3.63) is 109 Å². The van der Waals surface area contributed by atoms with Gasteiger partial charge in [-0.2, -0.15) is 0 Å². The molecule has 0 fully saturated rings. The van der Waals surface area contributed by atoms with Crippen LogP contribution in [-0.2, 0) is 0 Å². The van der Waals surface area contributed by atoms with Gasteiger partial charge in [0.25, 0.3) is 0 Å². The van der Waals surface area contributed by atoms with Crippen LogP contribution in [-0.4, -0.2) is 0 Å². The molecule has 0 aliphatic carbocycles. The SMILES string of the molecule is C#C.c1ccc(-c2cc(-c3ccccc3)cc(-c3ccccc3)c2)cc1. The highest BCUT2D eigenvalue weighted by Crippen LogP contribution is 2.32. The monoisotopic (exact) mass is 332 g/mol. The Morgan fingerprint density at radius 3 is 0.769 bits per heavy atom. The van der Waals surface area contributed by atoms with Gasteiger partial charge in [0, 0.05) is 0 Å². The third kappa shape index (κ3) is 3.91. The fraction of sp³-hybridized carbons (Fsp3) is 0. The van der Waals surface area contributed by atoms with Gasteiger partial charge in [0.1, 0.15) is 0 Å². The third-order valence-electron chi connectivity index (χ3n) is 4.25. The Hall–Kier alpha value is -3.56. The van der Waals surface area contributed by atoms with E-state index in [4.69, 9.17) is 0 Å². The summed E-state index contributed by atoms with van der Waals surface area (Å²) in [5.74, 6) is 0. The molecule has 0 atom stereocenters. The molecule has 0 aliphatic rings. The van der Waals surface area contributed by atoms with Crippen molar-refractivity contribution < 1.29 is 0 Å². The van der Waals surface area contributed by atoms with Crippen LogP contribution in [0.4, 0.5) is 0 Å². The van der Waals surface area contributed by atoms with Gasteiger partial charge in [-0.3, -0.25) is 0 Å². The van der Waals surface area contributed by atoms with E-state index in [9.17, 15) is 0 Å². The summed E-state index contributed by atoms with van der Waals surface area (Å²) in [6, 6.07) is 38.5. The van der Waals surface area contributed by atoms with Gasteiger partial charge in [-0.15, -0.1) is 12.8 Å². The zero-order chi connectivity index (χ0) is 18.2. The number of benzene rings is 4. The van der Waals surface area contributed by atoms with Crippen molar-refractivity contribution in [3.63, 3.8) is 0 Å². The van der Waals surface area contributed by atoms with Crippen LogP contribution in [0, 0.1) is 12.8 Å². The summed E-state index contributed by atoms with van der Waals surface area (Å²) in [4.78, 5) is 0. The maximum atomic E-state index is 4.00. The second-order valence-electron chi connectivity index (χ2n) is 5.90. The molecule has 0 heterocycles. The van der Waals surface area contributed by atoms with Gasteiger partial charge in [-0.05, 0) is 51.6 Å². The van der Waals surface area contributed by atoms with Crippen molar-refractivity contribution in [1.82, 2.24) is 0 Å². The summed E-state index contributed by atoms with van der Waals surface area (Å²) in [5.41, 5.74) is 7.47. The molecule has 26 heavy (non-hydrogen) atoms. The van der Waals surface area contributed by atoms with Crippen LogP contribution < -0.4 is 0 Å². The predicted octanol–water partition coefficient (Wildman–Crippen LogP) is 6.94. The van der Waals surface area contributed by atoms with Gasteiger partial charge in [0.2, 0.25) is 0 Å². The first-order chi connectivity index (χ1) is 12.9. The van der Waals surface area contributed by atoms with Crippen molar-refractivity contribution in [1.29, 1.82) is 0 Å². The summed E-state index contributed by atoms with van der Waals surface area (Å²) >= 11 is 0. The summed E-state index contributed by atoms with van der Waals surface area (Å²) in [6.45, 7) is 0. The van der Waals surface area contributed by atoms with Crippen LogP contribution in [0.1, 0.15) is 0 Å². The Bertz CT molecular complexity index is 826. The molecule has 124 valence electrons. The van der Waals surface area contributed by atoms with Crippen LogP contribution in [0.5, 0.6) is 0 Å². The lowest BCUT2D eigenvalue weighted by atomic mass is 9.93. The fourth-order valence-electron chi connectivity index (χ4n) is 3.02. The molecule has 0 amide bonds. The van der Waals surface area contributed by atoms with E-state index in [2.05, 4.69) is 122 Å². The molecule has 0 unspecified atom stereocenters. The van der Waals surface area contributed by atoms with E-state index in [1.165, 1.54) is 33.4 Å². The molecule has 4 aromatic rings. The standard InChI is InChI=1S/C24H18.C2H2/c1-4-10-19(11-5-1)22-16-23(20-12-6-2-7-13-20)18-24(17-22)21-14-8-3-9-15-21;1-2/h1-18H;1-2H. The van der Waals surface area contributed by atoms with E-state index >= 15 is 0 Å². The van der Waals surface area contributed by atoms with Crippen molar-refractivity contribution >= 4 is 0 Å². The molecule has 0 nitrogen and oxygen atoms in total. The lowest BCUT2D eigenvalue weighted by molar-refractivity contribution is 1.56. The molecular formula is C26H20. The maximum absolute atomic E-state index is 4.00. The molecule has 0 bridgehead atoms. The third-order valence-corrected chi connectivity index (χ3v) is 4.25. The second kappa shape index (κ2) is 8.51. The Kier molecular flexibility index (Phi) is 5.65. The van der Waals surface area contributed by atoms with E-state index in [1.807, 2.05) is 0 Å². The summed E-state index contributed by atoms with van der Waals surface area (Å²) in [5, 5.41) is 0. The normalized spacial score (nSPS) is 9.77. The molecule has 0 aromatic heterocycles. The van der Waals surface area contributed by atoms with Crippen molar-refractivity contribution in [3.8, 4) is 46.2 Å². The Morgan fingerprint density at radius 2 is 0.538 bits per heavy atom. The van der Waals surface area contributed by atoms with E-state index in [0.29, 0.717) is 0 Å². The number of terminal acetylenes is 1. The van der Waals surface area contributed by atoms with Crippen LogP contribution in [0.3, 0.4) is 0 Å². The van der Waals surface area contributed by atoms with E-state index in [0.717, 1.165) is 0 Å². The van der Waals surface area contributed by atoms with Crippen molar-refractivity contribution in [2.24, 2.45) is 0 Å². The first kappa shape index (κ1) is 17.3. The first-order valence-electron chi connectivity index (χ1n) is 8.55. The minimum Gasteiger partial charge on any atom is -0.124 e. The van der Waals surface area contributed by atoms with Gasteiger partial charge in [0.15, 0.2) is 0 Å². The average molecular weight is 332 g/mol. The minimum atomic E-state index is 1.24. The Morgan fingerprint density at radius 1 is 0.308 bits per heavy atom. The maximum Gasteiger partial charge on any atom is -0.0172 e. The highest BCUT2D eigenvalue weighted by Gasteiger charge is 2.06. The average Bonchev–Trinajstić information content (AvgIpc) is 2.77. The minimum absolute atomic E-state index is 1.24. The second-order valence-corrected chi connectivity index (χ2v) is 5.90. The largest absolute Gasteiger partial charge is 0.124 e. The van der Waals surface area contributed by atoms with Crippen LogP contribution in [0.15, 0.2) is 109 Å². The van der Waals surface area contributed by atoms with Crippen LogP contribution in [0.25, 0.3) is 33.4 Å². The Labute approximate surface area is 155 Å². The molecule has 0 heteroatoms. The molecule has 0 N–H and O–H groups in total. The zero-order valence-corrected chi connectivity index (χ0v) is 14.5. The number of hydrogen-bond donors (Lipinski definition) is 0. The van der Waals surface area contributed by atoms with E-state index in [1.54, 1.807) is 0 Å². The molecule has 0 saturated heterocycles. The van der Waals surface area contributed by atoms with Gasteiger partial charge in [-0.1, -0.05) is 91.0 Å². The van der Waals surface area contributed by atoms with Gasteiger partial charge >= 0.3 is 0 Å². The smallest absolute Gasteiger partial charge is 0.0172 e. The zero-order valence-electron chi connectivity index (χ0n) is 14.5. The number of hydrogen-bond acceptors (Lipinski definition) is 0. The predicted molar refractivity (Wildman–Crippen MR) is 113 cm³/mol. The molecule has 0 saturated carbocycles. The number of rotatable bonds is 3. The Balaban J connectivity index is 0.000000948. The summed E-state index contributed by atoms with van der Waals surface area (Å²) in [6.07, 6.45) is 8.00. The molecule has 0 radical (unpaired) electrons. The highest BCUT2D eigenvalue weighted by atomic mass is 14.1. The molecular weight excluding hydrogens is 312 g/mol. The molecule has 0 spiro atoms. The summed E-state index contributed by atoms with van der Waals surface area (Å²) < 4.78 is 0. The lowest BCUT2D eigenvalue weighted by Crippen LogP contribution is -1.85. The topological polar surface area (TPSA) is 0 Å². The van der Waals surface area contributed by atoms with E-state index in [-0.39, 0.29) is 0 Å². The van der Waals surface area contributed by atoms with E-state index < -0.39 is 0 Å². The van der Waals surface area contributed by atoms with Crippen molar-refractivity contribution in [2.75, 3.05) is 0 Å². The van der Waals surface area contributed by atoms with Gasteiger partial charge in [-0.25, -0.2) is 0 Å². The highest BCUT2D eigenvalue weighted by molar-refractivity contribution is 5.81.